The van der Waals surface area contributed by atoms with E-state index >= 15 is 0 Å². The maximum absolute atomic E-state index is 12.7. The third kappa shape index (κ3) is 6.00. The molecule has 0 bridgehead atoms. The van der Waals surface area contributed by atoms with Gasteiger partial charge in [-0.25, -0.2) is 13.2 Å². The Labute approximate surface area is 189 Å². The molecular weight excluding hydrogens is 469 g/mol. The molecule has 4 rings (SSSR count). The molecule has 2 atom stereocenters. The van der Waals surface area contributed by atoms with Crippen molar-refractivity contribution in [3.63, 3.8) is 0 Å². The van der Waals surface area contributed by atoms with Gasteiger partial charge >= 0.3 is 12.1 Å². The van der Waals surface area contributed by atoms with Crippen LogP contribution in [0.4, 0.5) is 13.2 Å². The predicted molar refractivity (Wildman–Crippen MR) is 113 cm³/mol. The topological polar surface area (TPSA) is 77.9 Å². The largest absolute Gasteiger partial charge is 0.490 e. The highest BCUT2D eigenvalue weighted by atomic mass is 35.5. The van der Waals surface area contributed by atoms with E-state index in [0.29, 0.717) is 25.0 Å². The molecule has 0 amide bonds. The average Bonchev–Trinajstić information content (AvgIpc) is 3.05. The van der Waals surface area contributed by atoms with Crippen LogP contribution >= 0.6 is 11.6 Å². The van der Waals surface area contributed by atoms with E-state index in [1.807, 2.05) is 54.6 Å². The summed E-state index contributed by atoms with van der Waals surface area (Å²) in [4.78, 5) is 11.2. The van der Waals surface area contributed by atoms with Crippen LogP contribution in [0, 0.1) is 5.92 Å². The van der Waals surface area contributed by atoms with Gasteiger partial charge in [0.2, 0.25) is 10.0 Å². The number of carboxylic acids is 1. The monoisotopic (exact) mass is 490 g/mol. The Kier molecular flexibility index (Phi) is 7.49. The average molecular weight is 491 g/mol. The Bertz CT molecular complexity index is 1050. The normalized spacial score (nSPS) is 21.2. The van der Waals surface area contributed by atoms with E-state index in [2.05, 4.69) is 4.90 Å². The second-order valence-electron chi connectivity index (χ2n) is 7.71. The molecule has 32 heavy (non-hydrogen) atoms. The van der Waals surface area contributed by atoms with Crippen LogP contribution in [0.2, 0.25) is 5.02 Å². The van der Waals surface area contributed by atoms with E-state index in [-0.39, 0.29) is 5.75 Å². The summed E-state index contributed by atoms with van der Waals surface area (Å²) in [7, 11) is -3.26. The fourth-order valence-corrected chi connectivity index (χ4v) is 5.63. The third-order valence-corrected chi connectivity index (χ3v) is 7.62. The minimum Gasteiger partial charge on any atom is -0.475 e. The number of nitrogens with zero attached hydrogens (tertiary/aromatic N) is 2. The lowest BCUT2D eigenvalue weighted by Gasteiger charge is -2.43. The molecule has 0 aromatic heterocycles. The van der Waals surface area contributed by atoms with Crippen LogP contribution in [0.1, 0.15) is 11.1 Å². The number of likely N-dealkylation sites (tertiary alicyclic amines) is 1. The van der Waals surface area contributed by atoms with Gasteiger partial charge in [0, 0.05) is 43.2 Å². The van der Waals surface area contributed by atoms with Crippen molar-refractivity contribution < 1.29 is 31.5 Å². The van der Waals surface area contributed by atoms with Gasteiger partial charge < -0.3 is 5.11 Å². The van der Waals surface area contributed by atoms with Gasteiger partial charge in [-0.05, 0) is 17.2 Å². The lowest BCUT2D eigenvalue weighted by Crippen LogP contribution is -2.54. The van der Waals surface area contributed by atoms with Crippen molar-refractivity contribution in [1.82, 2.24) is 9.21 Å². The molecule has 0 spiro atoms. The number of benzene rings is 2. The summed E-state index contributed by atoms with van der Waals surface area (Å²) in [6, 6.07) is 17.6. The summed E-state index contributed by atoms with van der Waals surface area (Å²) in [6.07, 6.45) is -5.08. The minimum atomic E-state index is -5.08. The Morgan fingerprint density at radius 1 is 1.03 bits per heavy atom. The van der Waals surface area contributed by atoms with Crippen LogP contribution in [0.25, 0.3) is 0 Å². The van der Waals surface area contributed by atoms with Crippen molar-refractivity contribution in [2.45, 2.75) is 24.5 Å². The van der Waals surface area contributed by atoms with Gasteiger partial charge in [-0.2, -0.15) is 17.5 Å². The highest BCUT2D eigenvalue weighted by molar-refractivity contribution is 7.88. The number of sulfonamides is 1. The zero-order chi connectivity index (χ0) is 23.5. The first kappa shape index (κ1) is 24.5. The molecule has 0 saturated carbocycles. The molecule has 1 N–H and O–H groups in total. The van der Waals surface area contributed by atoms with E-state index in [0.717, 1.165) is 29.2 Å². The number of fused-ring (bicyclic) bond motifs is 1. The Morgan fingerprint density at radius 2 is 1.62 bits per heavy atom. The molecule has 11 heteroatoms. The number of carbonyl (C=O) groups is 1. The molecule has 2 aromatic carbocycles. The fraction of sp³-hybridized carbons (Fsp3) is 0.381. The summed E-state index contributed by atoms with van der Waals surface area (Å²) in [5.41, 5.74) is 1.95. The van der Waals surface area contributed by atoms with Gasteiger partial charge in [-0.3, -0.25) is 4.90 Å². The van der Waals surface area contributed by atoms with Gasteiger partial charge in [0.1, 0.15) is 0 Å². The van der Waals surface area contributed by atoms with Crippen molar-refractivity contribution >= 4 is 27.6 Å². The first-order chi connectivity index (χ1) is 15.0. The molecule has 2 aliphatic rings. The third-order valence-electron chi connectivity index (χ3n) is 5.47. The van der Waals surface area contributed by atoms with Crippen LogP contribution < -0.4 is 0 Å². The van der Waals surface area contributed by atoms with Crippen LogP contribution in [0.5, 0.6) is 0 Å². The fourth-order valence-electron chi connectivity index (χ4n) is 3.84. The lowest BCUT2D eigenvalue weighted by atomic mass is 9.91. The van der Waals surface area contributed by atoms with Crippen molar-refractivity contribution in [2.24, 2.45) is 5.92 Å². The number of hydrogen-bond donors (Lipinski definition) is 1. The molecule has 0 radical (unpaired) electrons. The smallest absolute Gasteiger partial charge is 0.475 e. The Balaban J connectivity index is 0.000000360. The quantitative estimate of drug-likeness (QED) is 0.692. The van der Waals surface area contributed by atoms with Gasteiger partial charge in [0.25, 0.3) is 0 Å². The predicted octanol–water partition coefficient (Wildman–Crippen LogP) is 3.62. The molecule has 2 aromatic rings. The maximum atomic E-state index is 12.7. The zero-order valence-corrected chi connectivity index (χ0v) is 18.4. The molecule has 2 heterocycles. The summed E-state index contributed by atoms with van der Waals surface area (Å²) >= 11 is 6.25. The molecular formula is C21H22ClF3N2O4S. The van der Waals surface area contributed by atoms with E-state index in [1.165, 1.54) is 0 Å². The van der Waals surface area contributed by atoms with Crippen molar-refractivity contribution in [3.8, 4) is 0 Å². The van der Waals surface area contributed by atoms with Crippen LogP contribution in [0.15, 0.2) is 54.6 Å². The lowest BCUT2D eigenvalue weighted by molar-refractivity contribution is -0.192. The van der Waals surface area contributed by atoms with E-state index < -0.39 is 22.2 Å². The molecule has 2 aliphatic heterocycles. The number of hydrogen-bond acceptors (Lipinski definition) is 4. The SMILES string of the molecule is O=C(O)C(F)(F)F.O=S(=O)(Cc1ccccc1)N1CC2CN(Cc3ccccc3Cl)C2C1. The van der Waals surface area contributed by atoms with Crippen LogP contribution in [0.3, 0.4) is 0 Å². The Morgan fingerprint density at radius 3 is 2.22 bits per heavy atom. The van der Waals surface area contributed by atoms with E-state index in [1.54, 1.807) is 4.31 Å². The Hall–Kier alpha value is -2.14. The molecule has 2 fully saturated rings. The number of alkyl halides is 3. The number of aliphatic carboxylic acids is 1. The van der Waals surface area contributed by atoms with Crippen molar-refractivity contribution in [2.75, 3.05) is 19.6 Å². The summed E-state index contributed by atoms with van der Waals surface area (Å²) < 4.78 is 58.9. The van der Waals surface area contributed by atoms with Gasteiger partial charge in [0.05, 0.1) is 5.75 Å². The first-order valence-corrected chi connectivity index (χ1v) is 11.8. The second kappa shape index (κ2) is 9.78. The van der Waals surface area contributed by atoms with E-state index in [4.69, 9.17) is 21.5 Å². The second-order valence-corrected chi connectivity index (χ2v) is 10.1. The van der Waals surface area contributed by atoms with Crippen LogP contribution in [-0.2, 0) is 27.1 Å². The first-order valence-electron chi connectivity index (χ1n) is 9.76. The number of rotatable bonds is 5. The van der Waals surface area contributed by atoms with Crippen molar-refractivity contribution in [1.29, 1.82) is 0 Å². The maximum Gasteiger partial charge on any atom is 0.490 e. The van der Waals surface area contributed by atoms with Gasteiger partial charge in [-0.15, -0.1) is 0 Å². The summed E-state index contributed by atoms with van der Waals surface area (Å²) in [6.45, 7) is 2.95. The molecule has 174 valence electrons. The highest BCUT2D eigenvalue weighted by Gasteiger charge is 2.48. The van der Waals surface area contributed by atoms with Gasteiger partial charge in [0.15, 0.2) is 0 Å². The standard InChI is InChI=1S/C19H21ClN2O2S.C2HF3O2/c20-18-9-5-4-8-16(18)10-21-11-17-12-22(13-19(17)21)25(23,24)14-15-6-2-1-3-7-15;3-2(4,5)1(6)7/h1-9,17,19H,10-14H2;(H,6,7). The molecule has 2 unspecified atom stereocenters. The van der Waals surface area contributed by atoms with Gasteiger partial charge in [-0.1, -0.05) is 60.1 Å². The summed E-state index contributed by atoms with van der Waals surface area (Å²) in [5, 5.41) is 7.90. The highest BCUT2D eigenvalue weighted by Crippen LogP contribution is 2.36. The molecule has 2 saturated heterocycles. The van der Waals surface area contributed by atoms with Crippen LogP contribution in [-0.4, -0.2) is 60.6 Å². The molecule has 0 aliphatic carbocycles. The zero-order valence-electron chi connectivity index (χ0n) is 16.9. The summed E-state index contributed by atoms with van der Waals surface area (Å²) in [5.74, 6) is -2.24. The van der Waals surface area contributed by atoms with E-state index in [9.17, 15) is 21.6 Å². The van der Waals surface area contributed by atoms with Crippen molar-refractivity contribution in [3.05, 3.63) is 70.7 Å². The number of carboxylic acid groups (broad SMARTS) is 1. The minimum absolute atomic E-state index is 0.0811. The molecule has 6 nitrogen and oxygen atoms in total. The number of halogens is 4.